The summed E-state index contributed by atoms with van der Waals surface area (Å²) in [4.78, 5) is 4.39. The normalized spacial score (nSPS) is 14.1. The molecule has 1 heterocycles. The number of hydrogen-bond donors (Lipinski definition) is 1. The molecular weight excluding hydrogens is 258 g/mol. The van der Waals surface area contributed by atoms with Gasteiger partial charge in [-0.25, -0.2) is 0 Å². The fourth-order valence-electron chi connectivity index (χ4n) is 2.05. The molecule has 0 spiro atoms. The van der Waals surface area contributed by atoms with Crippen molar-refractivity contribution in [2.45, 2.75) is 32.3 Å². The topological polar surface area (TPSA) is 33.1 Å². The second-order valence-electron chi connectivity index (χ2n) is 4.97. The molecule has 1 aromatic carbocycles. The van der Waals surface area contributed by atoms with Crippen molar-refractivity contribution in [3.63, 3.8) is 0 Å². The van der Waals surface area contributed by atoms with E-state index in [1.165, 1.54) is 5.56 Å². The molecular formula is C16H18ClNO. The average molecular weight is 276 g/mol. The maximum absolute atomic E-state index is 10.6. The molecule has 0 amide bonds. The SMILES string of the molecule is CCc1ccc(CC(C)(O)c2cccc(Cl)c2)nc1. The molecule has 3 heteroatoms. The van der Waals surface area contributed by atoms with Gasteiger partial charge in [0.25, 0.3) is 0 Å². The molecule has 0 aliphatic heterocycles. The van der Waals surface area contributed by atoms with Crippen LogP contribution in [0.15, 0.2) is 42.6 Å². The molecule has 0 saturated carbocycles. The summed E-state index contributed by atoms with van der Waals surface area (Å²) in [6, 6.07) is 11.3. The first-order chi connectivity index (χ1) is 9.01. The monoisotopic (exact) mass is 275 g/mol. The smallest absolute Gasteiger partial charge is 0.0924 e. The second kappa shape index (κ2) is 5.72. The molecule has 0 radical (unpaired) electrons. The summed E-state index contributed by atoms with van der Waals surface area (Å²) in [5, 5.41) is 11.2. The Morgan fingerprint density at radius 3 is 2.63 bits per heavy atom. The quantitative estimate of drug-likeness (QED) is 0.922. The fraction of sp³-hybridized carbons (Fsp3) is 0.312. The molecule has 1 N–H and O–H groups in total. The van der Waals surface area contributed by atoms with Crippen LogP contribution in [-0.4, -0.2) is 10.1 Å². The van der Waals surface area contributed by atoms with Crippen molar-refractivity contribution in [1.29, 1.82) is 0 Å². The first-order valence-electron chi connectivity index (χ1n) is 6.43. The Bertz CT molecular complexity index is 549. The Morgan fingerprint density at radius 2 is 2.05 bits per heavy atom. The molecule has 1 atom stereocenters. The third kappa shape index (κ3) is 3.55. The molecule has 2 rings (SSSR count). The highest BCUT2D eigenvalue weighted by Gasteiger charge is 2.24. The minimum atomic E-state index is -0.967. The zero-order valence-electron chi connectivity index (χ0n) is 11.2. The third-order valence-electron chi connectivity index (χ3n) is 3.27. The highest BCUT2D eigenvalue weighted by Crippen LogP contribution is 2.26. The minimum absolute atomic E-state index is 0.470. The molecule has 1 unspecified atom stereocenters. The van der Waals surface area contributed by atoms with Crippen LogP contribution < -0.4 is 0 Å². The Morgan fingerprint density at radius 1 is 1.26 bits per heavy atom. The van der Waals surface area contributed by atoms with Gasteiger partial charge >= 0.3 is 0 Å². The van der Waals surface area contributed by atoms with Crippen LogP contribution in [0, 0.1) is 0 Å². The van der Waals surface area contributed by atoms with Gasteiger partial charge in [-0.3, -0.25) is 4.98 Å². The molecule has 1 aromatic heterocycles. The molecule has 0 saturated heterocycles. The number of halogens is 1. The van der Waals surface area contributed by atoms with Crippen molar-refractivity contribution in [2.75, 3.05) is 0 Å². The molecule has 2 nitrogen and oxygen atoms in total. The van der Waals surface area contributed by atoms with Crippen LogP contribution in [0.1, 0.15) is 30.7 Å². The van der Waals surface area contributed by atoms with E-state index in [0.717, 1.165) is 17.7 Å². The molecule has 100 valence electrons. The van der Waals surface area contributed by atoms with E-state index in [4.69, 9.17) is 11.6 Å². The first kappa shape index (κ1) is 14.0. The number of nitrogens with zero attached hydrogens (tertiary/aromatic N) is 1. The van der Waals surface area contributed by atoms with Crippen LogP contribution in [0.5, 0.6) is 0 Å². The van der Waals surface area contributed by atoms with Crippen molar-refractivity contribution in [1.82, 2.24) is 4.98 Å². The summed E-state index contributed by atoms with van der Waals surface area (Å²) in [6.45, 7) is 3.88. The number of hydrogen-bond acceptors (Lipinski definition) is 2. The van der Waals surface area contributed by atoms with Gasteiger partial charge in [0.1, 0.15) is 0 Å². The lowest BCUT2D eigenvalue weighted by atomic mass is 9.91. The summed E-state index contributed by atoms with van der Waals surface area (Å²) in [5.41, 5.74) is 1.92. The van der Waals surface area contributed by atoms with E-state index in [1.807, 2.05) is 24.4 Å². The molecule has 19 heavy (non-hydrogen) atoms. The van der Waals surface area contributed by atoms with Crippen molar-refractivity contribution in [3.05, 3.63) is 64.4 Å². The minimum Gasteiger partial charge on any atom is -0.385 e. The van der Waals surface area contributed by atoms with E-state index < -0.39 is 5.60 Å². The lowest BCUT2D eigenvalue weighted by Crippen LogP contribution is -2.24. The Balaban J connectivity index is 2.20. The van der Waals surface area contributed by atoms with Gasteiger partial charge in [-0.2, -0.15) is 0 Å². The molecule has 0 aliphatic carbocycles. The van der Waals surface area contributed by atoms with Crippen LogP contribution >= 0.6 is 11.6 Å². The molecule has 0 aliphatic rings. The van der Waals surface area contributed by atoms with Crippen LogP contribution in [0.3, 0.4) is 0 Å². The van der Waals surface area contributed by atoms with Crippen LogP contribution in [0.25, 0.3) is 0 Å². The largest absolute Gasteiger partial charge is 0.385 e. The lowest BCUT2D eigenvalue weighted by molar-refractivity contribution is 0.0566. The fourth-order valence-corrected chi connectivity index (χ4v) is 2.24. The lowest BCUT2D eigenvalue weighted by Gasteiger charge is -2.23. The van der Waals surface area contributed by atoms with Crippen LogP contribution in [-0.2, 0) is 18.4 Å². The van der Waals surface area contributed by atoms with Gasteiger partial charge in [0, 0.05) is 23.3 Å². The van der Waals surface area contributed by atoms with Gasteiger partial charge in [-0.15, -0.1) is 0 Å². The van der Waals surface area contributed by atoms with Gasteiger partial charge < -0.3 is 5.11 Å². The highest BCUT2D eigenvalue weighted by atomic mass is 35.5. The molecule has 2 aromatic rings. The third-order valence-corrected chi connectivity index (χ3v) is 3.50. The van der Waals surface area contributed by atoms with Crippen molar-refractivity contribution < 1.29 is 5.11 Å². The standard InChI is InChI=1S/C16H18ClNO/c1-3-12-7-8-15(18-11-12)10-16(2,19)13-5-4-6-14(17)9-13/h4-9,11,19H,3,10H2,1-2H3. The maximum atomic E-state index is 10.6. The molecule has 0 fully saturated rings. The zero-order valence-corrected chi connectivity index (χ0v) is 12.0. The van der Waals surface area contributed by atoms with E-state index in [-0.39, 0.29) is 0 Å². The first-order valence-corrected chi connectivity index (χ1v) is 6.81. The van der Waals surface area contributed by atoms with E-state index >= 15 is 0 Å². The average Bonchev–Trinajstić information content (AvgIpc) is 2.39. The van der Waals surface area contributed by atoms with Gasteiger partial charge in [0.05, 0.1) is 5.60 Å². The van der Waals surface area contributed by atoms with Gasteiger partial charge in [0.15, 0.2) is 0 Å². The van der Waals surface area contributed by atoms with Crippen LogP contribution in [0.4, 0.5) is 0 Å². The number of benzene rings is 1. The van der Waals surface area contributed by atoms with E-state index in [0.29, 0.717) is 11.4 Å². The highest BCUT2D eigenvalue weighted by molar-refractivity contribution is 6.30. The van der Waals surface area contributed by atoms with Crippen molar-refractivity contribution in [2.24, 2.45) is 0 Å². The van der Waals surface area contributed by atoms with Crippen LogP contribution in [0.2, 0.25) is 5.02 Å². The van der Waals surface area contributed by atoms with E-state index in [2.05, 4.69) is 18.0 Å². The number of aromatic nitrogens is 1. The Kier molecular flexibility index (Phi) is 4.23. The molecule has 0 bridgehead atoms. The van der Waals surface area contributed by atoms with Gasteiger partial charge in [-0.1, -0.05) is 36.7 Å². The summed E-state index contributed by atoms with van der Waals surface area (Å²) < 4.78 is 0. The summed E-state index contributed by atoms with van der Waals surface area (Å²) in [6.07, 6.45) is 3.30. The van der Waals surface area contributed by atoms with E-state index in [9.17, 15) is 5.11 Å². The predicted octanol–water partition coefficient (Wildman–Crippen LogP) is 3.75. The Labute approximate surface area is 119 Å². The van der Waals surface area contributed by atoms with Gasteiger partial charge in [0.2, 0.25) is 0 Å². The summed E-state index contributed by atoms with van der Waals surface area (Å²) >= 11 is 5.97. The number of rotatable bonds is 4. The zero-order chi connectivity index (χ0) is 13.9. The van der Waals surface area contributed by atoms with Gasteiger partial charge in [-0.05, 0) is 42.7 Å². The maximum Gasteiger partial charge on any atom is 0.0924 e. The summed E-state index contributed by atoms with van der Waals surface area (Å²) in [7, 11) is 0. The summed E-state index contributed by atoms with van der Waals surface area (Å²) in [5.74, 6) is 0. The van der Waals surface area contributed by atoms with Crippen molar-refractivity contribution in [3.8, 4) is 0 Å². The van der Waals surface area contributed by atoms with Crippen molar-refractivity contribution >= 4 is 11.6 Å². The van der Waals surface area contributed by atoms with E-state index in [1.54, 1.807) is 19.1 Å². The number of aliphatic hydroxyl groups is 1. The predicted molar refractivity (Wildman–Crippen MR) is 78.3 cm³/mol. The Hall–Kier alpha value is -1.38. The number of aryl methyl sites for hydroxylation is 1. The second-order valence-corrected chi connectivity index (χ2v) is 5.41. The number of pyridine rings is 1.